The van der Waals surface area contributed by atoms with Crippen molar-refractivity contribution in [3.05, 3.63) is 21.7 Å². The maximum atomic E-state index is 11.8. The first-order chi connectivity index (χ1) is 8.93. The zero-order valence-corrected chi connectivity index (χ0v) is 12.1. The lowest BCUT2D eigenvalue weighted by molar-refractivity contribution is -0.131. The van der Waals surface area contributed by atoms with E-state index in [1.165, 1.54) is 6.07 Å². The second-order valence-electron chi connectivity index (χ2n) is 4.46. The number of carboxylic acids is 1. The molecule has 0 saturated heterocycles. The molecule has 1 aliphatic heterocycles. The molecule has 0 fully saturated rings. The highest BCUT2D eigenvalue weighted by Crippen LogP contribution is 2.44. The van der Waals surface area contributed by atoms with Crippen LogP contribution in [0.25, 0.3) is 0 Å². The monoisotopic (exact) mass is 328 g/mol. The van der Waals surface area contributed by atoms with Crippen LogP contribution in [0.15, 0.2) is 10.5 Å². The van der Waals surface area contributed by atoms with Crippen LogP contribution in [0.3, 0.4) is 0 Å². The minimum atomic E-state index is -1.48. The Kier molecular flexibility index (Phi) is 3.80. The van der Waals surface area contributed by atoms with Crippen LogP contribution in [0.4, 0.5) is 0 Å². The number of hydrogen-bond donors (Lipinski definition) is 1. The first-order valence-corrected chi connectivity index (χ1v) is 6.62. The van der Waals surface area contributed by atoms with Gasteiger partial charge >= 0.3 is 5.97 Å². The van der Waals surface area contributed by atoms with Gasteiger partial charge in [0.2, 0.25) is 0 Å². The van der Waals surface area contributed by atoms with E-state index in [1.807, 2.05) is 13.8 Å². The van der Waals surface area contributed by atoms with E-state index < -0.39 is 11.8 Å². The largest absolute Gasteiger partial charge is 0.486 e. The third kappa shape index (κ3) is 2.45. The molecule has 6 heteroatoms. The fourth-order valence-electron chi connectivity index (χ4n) is 2.03. The predicted octanol–water partition coefficient (Wildman–Crippen LogP) is 2.61. The molecule has 1 aliphatic rings. The zero-order valence-electron chi connectivity index (χ0n) is 10.5. The summed E-state index contributed by atoms with van der Waals surface area (Å²) in [5, 5.41) is 8.90. The first-order valence-electron chi connectivity index (χ1n) is 5.83. The quantitative estimate of drug-likeness (QED) is 0.682. The molecule has 0 spiro atoms. The molecule has 1 N–H and O–H groups in total. The topological polar surface area (TPSA) is 72.8 Å². The van der Waals surface area contributed by atoms with Gasteiger partial charge in [0.15, 0.2) is 11.5 Å². The highest BCUT2D eigenvalue weighted by atomic mass is 79.9. The molecule has 1 aromatic carbocycles. The smallest absolute Gasteiger partial charge is 0.377 e. The summed E-state index contributed by atoms with van der Waals surface area (Å²) < 4.78 is 11.5. The van der Waals surface area contributed by atoms with Gasteiger partial charge in [0.1, 0.15) is 13.2 Å². The maximum Gasteiger partial charge on any atom is 0.377 e. The lowest BCUT2D eigenvalue weighted by atomic mass is 9.93. The Hall–Kier alpha value is -1.56. The Bertz CT molecular complexity index is 550. The second kappa shape index (κ2) is 5.21. The lowest BCUT2D eigenvalue weighted by Gasteiger charge is -2.23. The van der Waals surface area contributed by atoms with Gasteiger partial charge in [-0.15, -0.1) is 0 Å². The van der Waals surface area contributed by atoms with Gasteiger partial charge in [-0.05, 0) is 33.5 Å². The van der Waals surface area contributed by atoms with Crippen LogP contribution < -0.4 is 9.47 Å². The second-order valence-corrected chi connectivity index (χ2v) is 5.26. The van der Waals surface area contributed by atoms with Crippen LogP contribution >= 0.6 is 15.9 Å². The van der Waals surface area contributed by atoms with Crippen molar-refractivity contribution in [1.29, 1.82) is 0 Å². The molecule has 0 amide bonds. The summed E-state index contributed by atoms with van der Waals surface area (Å²) in [6.45, 7) is 4.57. The Balaban J connectivity index is 2.68. The van der Waals surface area contributed by atoms with Crippen LogP contribution in [0, 0.1) is 0 Å². The minimum absolute atomic E-state index is 0.0245. The normalized spacial score (nSPS) is 13.5. The van der Waals surface area contributed by atoms with Gasteiger partial charge < -0.3 is 14.6 Å². The molecule has 1 heterocycles. The fourth-order valence-corrected chi connectivity index (χ4v) is 3.01. The van der Waals surface area contributed by atoms with Crippen LogP contribution in [0.2, 0.25) is 0 Å². The van der Waals surface area contributed by atoms with E-state index in [0.29, 0.717) is 34.7 Å². The van der Waals surface area contributed by atoms with E-state index >= 15 is 0 Å². The van der Waals surface area contributed by atoms with Gasteiger partial charge in [-0.1, -0.05) is 13.8 Å². The highest BCUT2D eigenvalue weighted by Gasteiger charge is 2.28. The summed E-state index contributed by atoms with van der Waals surface area (Å²) in [6, 6.07) is 1.45. The number of benzene rings is 1. The van der Waals surface area contributed by atoms with Crippen molar-refractivity contribution in [2.24, 2.45) is 0 Å². The zero-order chi connectivity index (χ0) is 14.2. The van der Waals surface area contributed by atoms with E-state index in [2.05, 4.69) is 15.9 Å². The number of aliphatic carboxylic acids is 1. The molecular formula is C13H13BrO5. The highest BCUT2D eigenvalue weighted by molar-refractivity contribution is 9.10. The van der Waals surface area contributed by atoms with Gasteiger partial charge in [0, 0.05) is 5.56 Å². The van der Waals surface area contributed by atoms with Gasteiger partial charge in [-0.25, -0.2) is 4.79 Å². The summed E-state index contributed by atoms with van der Waals surface area (Å²) in [5.41, 5.74) is 0.760. The molecule has 2 rings (SSSR count). The molecule has 0 aliphatic carbocycles. The number of ether oxygens (including phenoxy) is 2. The third-order valence-corrected chi connectivity index (χ3v) is 3.62. The van der Waals surface area contributed by atoms with E-state index in [0.717, 1.165) is 0 Å². The van der Waals surface area contributed by atoms with Crippen molar-refractivity contribution in [1.82, 2.24) is 0 Å². The number of fused-ring (bicyclic) bond motifs is 1. The predicted molar refractivity (Wildman–Crippen MR) is 71.2 cm³/mol. The third-order valence-electron chi connectivity index (χ3n) is 2.83. The van der Waals surface area contributed by atoms with E-state index in [4.69, 9.17) is 14.6 Å². The average molecular weight is 329 g/mol. The number of ketones is 1. The number of rotatable bonds is 3. The van der Waals surface area contributed by atoms with E-state index in [1.54, 1.807) is 0 Å². The van der Waals surface area contributed by atoms with Crippen molar-refractivity contribution in [2.45, 2.75) is 19.8 Å². The van der Waals surface area contributed by atoms with Gasteiger partial charge in [0.25, 0.3) is 5.78 Å². The van der Waals surface area contributed by atoms with Crippen molar-refractivity contribution < 1.29 is 24.2 Å². The fraction of sp³-hybridized carbons (Fsp3) is 0.385. The van der Waals surface area contributed by atoms with Crippen molar-refractivity contribution >= 4 is 27.7 Å². The first kappa shape index (κ1) is 13.9. The molecule has 1 aromatic rings. The van der Waals surface area contributed by atoms with Gasteiger partial charge in [-0.3, -0.25) is 4.79 Å². The molecular weight excluding hydrogens is 316 g/mol. The van der Waals surface area contributed by atoms with Gasteiger partial charge in [0.05, 0.1) is 4.47 Å². The standard InChI is InChI=1S/C13H13BrO5/c1-6(2)9-7(11(15)13(16)17)5-8-12(10(9)14)19-4-3-18-8/h5-6H,3-4H2,1-2H3,(H,16,17). The molecule has 102 valence electrons. The SMILES string of the molecule is CC(C)c1c(C(=O)C(=O)O)cc2c(c1Br)OCCO2. The van der Waals surface area contributed by atoms with E-state index in [-0.39, 0.29) is 11.5 Å². The van der Waals surface area contributed by atoms with Crippen molar-refractivity contribution in [3.63, 3.8) is 0 Å². The summed E-state index contributed by atoms with van der Waals surface area (Å²) in [5.74, 6) is -1.53. The number of Topliss-reactive ketones (excluding diaryl/α,β-unsaturated/α-hetero) is 1. The summed E-state index contributed by atoms with van der Waals surface area (Å²) in [6.07, 6.45) is 0. The maximum absolute atomic E-state index is 11.8. The number of carbonyl (C=O) groups is 2. The van der Waals surface area contributed by atoms with Crippen LogP contribution in [0.1, 0.15) is 35.7 Å². The number of carboxylic acid groups (broad SMARTS) is 1. The lowest BCUT2D eigenvalue weighted by Crippen LogP contribution is -2.20. The number of carbonyl (C=O) groups excluding carboxylic acids is 1. The molecule has 0 saturated carbocycles. The summed E-state index contributed by atoms with van der Waals surface area (Å²) in [4.78, 5) is 22.7. The molecule has 0 radical (unpaired) electrons. The van der Waals surface area contributed by atoms with Crippen LogP contribution in [-0.2, 0) is 4.79 Å². The summed E-state index contributed by atoms with van der Waals surface area (Å²) in [7, 11) is 0. The van der Waals surface area contributed by atoms with E-state index in [9.17, 15) is 9.59 Å². The van der Waals surface area contributed by atoms with Crippen LogP contribution in [-0.4, -0.2) is 30.1 Å². The van der Waals surface area contributed by atoms with Crippen molar-refractivity contribution in [2.75, 3.05) is 13.2 Å². The van der Waals surface area contributed by atoms with Crippen molar-refractivity contribution in [3.8, 4) is 11.5 Å². The summed E-state index contributed by atoms with van der Waals surface area (Å²) >= 11 is 3.39. The van der Waals surface area contributed by atoms with Crippen LogP contribution in [0.5, 0.6) is 11.5 Å². The molecule has 0 aromatic heterocycles. The number of hydrogen-bond acceptors (Lipinski definition) is 4. The molecule has 0 bridgehead atoms. The molecule has 0 unspecified atom stereocenters. The Morgan fingerprint density at radius 1 is 1.32 bits per heavy atom. The average Bonchev–Trinajstić information content (AvgIpc) is 2.37. The Morgan fingerprint density at radius 3 is 2.53 bits per heavy atom. The Morgan fingerprint density at radius 2 is 1.95 bits per heavy atom. The molecule has 0 atom stereocenters. The molecule has 19 heavy (non-hydrogen) atoms. The number of halogens is 1. The molecule has 5 nitrogen and oxygen atoms in total. The Labute approximate surface area is 118 Å². The minimum Gasteiger partial charge on any atom is -0.486 e. The van der Waals surface area contributed by atoms with Gasteiger partial charge in [-0.2, -0.15) is 0 Å².